The van der Waals surface area contributed by atoms with Gasteiger partial charge in [-0.05, 0) is 31.2 Å². The molecule has 0 aliphatic carbocycles. The first-order valence-electron chi connectivity index (χ1n) is 5.17. The van der Waals surface area contributed by atoms with Crippen LogP contribution in [0.4, 0.5) is 10.5 Å². The molecular formula is C11H13ClN2O2. The van der Waals surface area contributed by atoms with Crippen molar-refractivity contribution in [2.24, 2.45) is 0 Å². The maximum absolute atomic E-state index is 11.3. The van der Waals surface area contributed by atoms with E-state index in [0.29, 0.717) is 17.3 Å². The molecule has 0 bridgehead atoms. The Labute approximate surface area is 98.8 Å². The van der Waals surface area contributed by atoms with Crippen LogP contribution in [0.3, 0.4) is 0 Å². The summed E-state index contributed by atoms with van der Waals surface area (Å²) in [4.78, 5) is 12.6. The van der Waals surface area contributed by atoms with Crippen LogP contribution in [0, 0.1) is 0 Å². The fraction of sp³-hybridized carbons (Fsp3) is 0.364. The topological polar surface area (TPSA) is 52.6 Å². The number of halogens is 1. The largest absolute Gasteiger partial charge is 0.465 e. The number of carbonyl (C=O) groups is 1. The Hall–Kier alpha value is -1.26. The van der Waals surface area contributed by atoms with Gasteiger partial charge in [-0.3, -0.25) is 4.90 Å². The number of carboxylic acid groups (broad SMARTS) is 1. The highest BCUT2D eigenvalue weighted by Gasteiger charge is 2.27. The van der Waals surface area contributed by atoms with Crippen LogP contribution in [0.1, 0.15) is 6.42 Å². The molecule has 1 saturated heterocycles. The number of anilines is 1. The third kappa shape index (κ3) is 2.28. The van der Waals surface area contributed by atoms with Crippen LogP contribution in [-0.2, 0) is 0 Å². The van der Waals surface area contributed by atoms with E-state index in [-0.39, 0.29) is 6.04 Å². The zero-order valence-electron chi connectivity index (χ0n) is 8.69. The molecule has 1 aromatic carbocycles. The van der Waals surface area contributed by atoms with Gasteiger partial charge in [0.2, 0.25) is 0 Å². The van der Waals surface area contributed by atoms with Crippen molar-refractivity contribution >= 4 is 23.4 Å². The van der Waals surface area contributed by atoms with Gasteiger partial charge >= 0.3 is 6.09 Å². The minimum atomic E-state index is -0.934. The monoisotopic (exact) mass is 240 g/mol. The molecule has 1 fully saturated rings. The maximum Gasteiger partial charge on any atom is 0.412 e. The van der Waals surface area contributed by atoms with E-state index >= 15 is 0 Å². The highest BCUT2D eigenvalue weighted by atomic mass is 35.5. The number of hydrogen-bond acceptors (Lipinski definition) is 2. The molecule has 0 aromatic heterocycles. The van der Waals surface area contributed by atoms with Gasteiger partial charge in [0.15, 0.2) is 0 Å². The van der Waals surface area contributed by atoms with Crippen LogP contribution >= 0.6 is 11.6 Å². The maximum atomic E-state index is 11.3. The van der Waals surface area contributed by atoms with E-state index in [0.717, 1.165) is 13.0 Å². The summed E-state index contributed by atoms with van der Waals surface area (Å²) in [6.07, 6.45) is -0.102. The Bertz CT molecular complexity index is 391. The Balaban J connectivity index is 2.28. The lowest BCUT2D eigenvalue weighted by molar-refractivity contribution is 0.199. The number of rotatable bonds is 2. The average Bonchev–Trinajstić information content (AvgIpc) is 2.71. The van der Waals surface area contributed by atoms with Gasteiger partial charge in [-0.15, -0.1) is 0 Å². The summed E-state index contributed by atoms with van der Waals surface area (Å²) < 4.78 is 0. The molecule has 1 aromatic rings. The second-order valence-corrected chi connectivity index (χ2v) is 4.22. The van der Waals surface area contributed by atoms with E-state index in [1.54, 1.807) is 24.3 Å². The smallest absolute Gasteiger partial charge is 0.412 e. The first-order valence-corrected chi connectivity index (χ1v) is 5.55. The standard InChI is InChI=1S/C11H13ClN2O2/c12-8-2-1-3-9(6-8)14(11(15)16)10-4-5-13-7-10/h1-3,6,10,13H,4-5,7H2,(H,15,16). The summed E-state index contributed by atoms with van der Waals surface area (Å²) in [7, 11) is 0. The van der Waals surface area contributed by atoms with Crippen molar-refractivity contribution < 1.29 is 9.90 Å². The molecule has 5 heteroatoms. The van der Waals surface area contributed by atoms with Crippen molar-refractivity contribution in [1.29, 1.82) is 0 Å². The second kappa shape index (κ2) is 4.72. The summed E-state index contributed by atoms with van der Waals surface area (Å²) >= 11 is 5.87. The van der Waals surface area contributed by atoms with E-state index in [9.17, 15) is 9.90 Å². The molecule has 86 valence electrons. The van der Waals surface area contributed by atoms with Gasteiger partial charge in [0, 0.05) is 17.3 Å². The van der Waals surface area contributed by atoms with Gasteiger partial charge in [-0.25, -0.2) is 4.79 Å². The third-order valence-corrected chi connectivity index (χ3v) is 2.93. The van der Waals surface area contributed by atoms with Gasteiger partial charge in [0.25, 0.3) is 0 Å². The van der Waals surface area contributed by atoms with Crippen molar-refractivity contribution in [1.82, 2.24) is 5.32 Å². The molecule has 16 heavy (non-hydrogen) atoms. The Morgan fingerprint density at radius 2 is 2.38 bits per heavy atom. The van der Waals surface area contributed by atoms with Crippen LogP contribution in [0.15, 0.2) is 24.3 Å². The number of hydrogen-bond donors (Lipinski definition) is 2. The molecule has 2 N–H and O–H groups in total. The van der Waals surface area contributed by atoms with Gasteiger partial charge in [0.1, 0.15) is 0 Å². The normalized spacial score (nSPS) is 19.7. The van der Waals surface area contributed by atoms with E-state index < -0.39 is 6.09 Å². The summed E-state index contributed by atoms with van der Waals surface area (Å²) in [5, 5.41) is 12.9. The van der Waals surface area contributed by atoms with E-state index in [4.69, 9.17) is 11.6 Å². The summed E-state index contributed by atoms with van der Waals surface area (Å²) in [6.45, 7) is 1.55. The molecule has 0 spiro atoms. The Morgan fingerprint density at radius 3 is 2.94 bits per heavy atom. The van der Waals surface area contributed by atoms with Gasteiger partial charge in [-0.1, -0.05) is 17.7 Å². The van der Waals surface area contributed by atoms with Crippen molar-refractivity contribution in [3.8, 4) is 0 Å². The lowest BCUT2D eigenvalue weighted by atomic mass is 10.2. The Morgan fingerprint density at radius 1 is 1.56 bits per heavy atom. The summed E-state index contributed by atoms with van der Waals surface area (Å²) in [5.41, 5.74) is 0.633. The lowest BCUT2D eigenvalue weighted by Gasteiger charge is -2.25. The van der Waals surface area contributed by atoms with Gasteiger partial charge in [0.05, 0.1) is 6.04 Å². The lowest BCUT2D eigenvalue weighted by Crippen LogP contribution is -2.40. The minimum Gasteiger partial charge on any atom is -0.465 e. The van der Waals surface area contributed by atoms with Crippen LogP contribution in [-0.4, -0.2) is 30.3 Å². The molecule has 1 amide bonds. The SMILES string of the molecule is O=C(O)N(c1cccc(Cl)c1)C1CCNC1. The predicted octanol–water partition coefficient (Wildman–Crippen LogP) is 2.19. The van der Waals surface area contributed by atoms with E-state index in [1.807, 2.05) is 0 Å². The minimum absolute atomic E-state index is 0.00373. The number of nitrogens with one attached hydrogen (secondary N) is 1. The van der Waals surface area contributed by atoms with Crippen LogP contribution in [0.5, 0.6) is 0 Å². The molecule has 2 rings (SSSR count). The van der Waals surface area contributed by atoms with Gasteiger partial charge < -0.3 is 10.4 Å². The van der Waals surface area contributed by atoms with Crippen molar-refractivity contribution in [3.63, 3.8) is 0 Å². The Kier molecular flexibility index (Phi) is 3.31. The molecule has 1 atom stereocenters. The van der Waals surface area contributed by atoms with Crippen molar-refractivity contribution in [3.05, 3.63) is 29.3 Å². The summed E-state index contributed by atoms with van der Waals surface area (Å²) in [5.74, 6) is 0. The van der Waals surface area contributed by atoms with Crippen molar-refractivity contribution in [2.75, 3.05) is 18.0 Å². The molecule has 0 saturated carbocycles. The first kappa shape index (κ1) is 11.2. The highest BCUT2D eigenvalue weighted by molar-refractivity contribution is 6.30. The van der Waals surface area contributed by atoms with Crippen LogP contribution in [0.2, 0.25) is 5.02 Å². The molecule has 1 aliphatic heterocycles. The molecule has 4 nitrogen and oxygen atoms in total. The summed E-state index contributed by atoms with van der Waals surface area (Å²) in [6, 6.07) is 6.93. The van der Waals surface area contributed by atoms with E-state index in [1.165, 1.54) is 4.90 Å². The fourth-order valence-corrected chi connectivity index (χ4v) is 2.15. The molecule has 0 radical (unpaired) electrons. The molecule has 1 heterocycles. The second-order valence-electron chi connectivity index (χ2n) is 3.78. The third-order valence-electron chi connectivity index (χ3n) is 2.69. The number of nitrogens with zero attached hydrogens (tertiary/aromatic N) is 1. The number of benzene rings is 1. The molecule has 1 aliphatic rings. The van der Waals surface area contributed by atoms with Crippen LogP contribution in [0.25, 0.3) is 0 Å². The van der Waals surface area contributed by atoms with Gasteiger partial charge in [-0.2, -0.15) is 0 Å². The molecular weight excluding hydrogens is 228 g/mol. The fourth-order valence-electron chi connectivity index (χ4n) is 1.96. The number of amides is 1. The average molecular weight is 241 g/mol. The zero-order valence-corrected chi connectivity index (χ0v) is 9.44. The van der Waals surface area contributed by atoms with E-state index in [2.05, 4.69) is 5.32 Å². The van der Waals surface area contributed by atoms with Crippen LogP contribution < -0.4 is 10.2 Å². The van der Waals surface area contributed by atoms with Crippen molar-refractivity contribution in [2.45, 2.75) is 12.5 Å². The first-order chi connectivity index (χ1) is 7.68. The zero-order chi connectivity index (χ0) is 11.5. The highest BCUT2D eigenvalue weighted by Crippen LogP contribution is 2.23. The quantitative estimate of drug-likeness (QED) is 0.833. The molecule has 1 unspecified atom stereocenters. The predicted molar refractivity (Wildman–Crippen MR) is 63.2 cm³/mol.